The van der Waals surface area contributed by atoms with E-state index in [1.54, 1.807) is 6.92 Å². The lowest BCUT2D eigenvalue weighted by atomic mass is 9.96. The molecular weight excluding hydrogens is 528 g/mol. The molecule has 0 atom stereocenters. The number of para-hydroxylation sites is 1. The van der Waals surface area contributed by atoms with Gasteiger partial charge in [-0.3, -0.25) is 9.69 Å². The summed E-state index contributed by atoms with van der Waals surface area (Å²) in [5.41, 5.74) is 11.7. The Morgan fingerprint density at radius 3 is 2.63 bits per heavy atom. The second kappa shape index (κ2) is 9.79. The predicted octanol–water partition coefficient (Wildman–Crippen LogP) is 4.27. The number of H-pyrrole nitrogens is 1. The second-order valence-corrected chi connectivity index (χ2v) is 10.6. The predicted molar refractivity (Wildman–Crippen MR) is 149 cm³/mol. The number of aromatic amines is 1. The van der Waals surface area contributed by atoms with Gasteiger partial charge in [-0.15, -0.1) is 0 Å². The van der Waals surface area contributed by atoms with Crippen molar-refractivity contribution in [3.63, 3.8) is 0 Å². The Balaban J connectivity index is 1.14. The minimum atomic E-state index is -0.835. The number of pyridine rings is 1. The van der Waals surface area contributed by atoms with E-state index < -0.39 is 17.4 Å². The van der Waals surface area contributed by atoms with Gasteiger partial charge < -0.3 is 20.8 Å². The van der Waals surface area contributed by atoms with Crippen molar-refractivity contribution >= 4 is 22.5 Å². The molecule has 4 N–H and O–H groups in total. The zero-order valence-corrected chi connectivity index (χ0v) is 22.2. The van der Waals surface area contributed by atoms with Gasteiger partial charge in [0.25, 0.3) is 0 Å². The molecule has 5 aromatic rings. The summed E-state index contributed by atoms with van der Waals surface area (Å²) in [5, 5.41) is 8.66. The van der Waals surface area contributed by atoms with Crippen LogP contribution in [0.4, 0.5) is 14.6 Å². The van der Waals surface area contributed by atoms with E-state index in [1.165, 1.54) is 40.3 Å². The molecule has 0 unspecified atom stereocenters. The molecule has 0 saturated carbocycles. The van der Waals surface area contributed by atoms with Crippen LogP contribution in [0.5, 0.6) is 11.6 Å². The third-order valence-corrected chi connectivity index (χ3v) is 7.97. The smallest absolute Gasteiger partial charge is 0.219 e. The third-order valence-electron chi connectivity index (χ3n) is 7.97. The fourth-order valence-corrected chi connectivity index (χ4v) is 5.54. The van der Waals surface area contributed by atoms with E-state index in [1.807, 2.05) is 6.07 Å². The van der Waals surface area contributed by atoms with Crippen LogP contribution in [0.25, 0.3) is 16.6 Å². The minimum absolute atomic E-state index is 0.00512. The van der Waals surface area contributed by atoms with Crippen LogP contribution in [0.3, 0.4) is 0 Å². The van der Waals surface area contributed by atoms with E-state index in [0.717, 1.165) is 55.6 Å². The Morgan fingerprint density at radius 2 is 1.90 bits per heavy atom. The van der Waals surface area contributed by atoms with E-state index in [2.05, 4.69) is 37.4 Å². The normalized spacial score (nSPS) is 15.6. The summed E-state index contributed by atoms with van der Waals surface area (Å²) in [6.07, 6.45) is 3.84. The monoisotopic (exact) mass is 555 g/mol. The highest BCUT2D eigenvalue weighted by Gasteiger charge is 2.28. The standard InChI is InChI=1S/C30H27F2N7O2/c1-16-7-27(41-29-22(31)3-2-4-23(29)32)35-14-26(16)39-30(33)21(13-36-39)28(40)25-9-18-8-17-5-6-38(20-11-34-12-20)15-19(17)10-24(18)37-25/h2-4,7-10,13-14,20,34,37H,5-6,11-12,15,33H2,1H3. The van der Waals surface area contributed by atoms with Crippen LogP contribution in [0.15, 0.2) is 54.9 Å². The maximum atomic E-state index is 14.0. The maximum absolute atomic E-state index is 14.0. The van der Waals surface area contributed by atoms with Crippen molar-refractivity contribution in [3.8, 4) is 17.3 Å². The van der Waals surface area contributed by atoms with Gasteiger partial charge >= 0.3 is 0 Å². The summed E-state index contributed by atoms with van der Waals surface area (Å²) in [6.45, 7) is 5.78. The molecule has 41 heavy (non-hydrogen) atoms. The second-order valence-electron chi connectivity index (χ2n) is 10.6. The molecule has 1 saturated heterocycles. The average molecular weight is 556 g/mol. The number of aromatic nitrogens is 4. The summed E-state index contributed by atoms with van der Waals surface area (Å²) in [4.78, 5) is 23.5. The number of anilines is 1. The molecule has 1 fully saturated rings. The largest absolute Gasteiger partial charge is 0.433 e. The molecule has 0 aliphatic carbocycles. The van der Waals surface area contributed by atoms with E-state index in [4.69, 9.17) is 10.5 Å². The van der Waals surface area contributed by atoms with Crippen molar-refractivity contribution in [3.05, 3.63) is 94.4 Å². The molecule has 0 spiro atoms. The van der Waals surface area contributed by atoms with Crippen molar-refractivity contribution in [1.29, 1.82) is 0 Å². The number of benzene rings is 2. The van der Waals surface area contributed by atoms with E-state index >= 15 is 0 Å². The number of carbonyl (C=O) groups excluding carboxylic acids is 1. The number of hydrogen-bond acceptors (Lipinski definition) is 7. The molecule has 0 bridgehead atoms. The van der Waals surface area contributed by atoms with E-state index in [9.17, 15) is 13.6 Å². The number of nitrogens with two attached hydrogens (primary N) is 1. The number of aryl methyl sites for hydroxylation is 1. The lowest BCUT2D eigenvalue weighted by Gasteiger charge is -2.40. The highest BCUT2D eigenvalue weighted by molar-refractivity contribution is 6.12. The number of nitrogens with zero attached hydrogens (tertiary/aromatic N) is 4. The lowest BCUT2D eigenvalue weighted by molar-refractivity contribution is 0.103. The van der Waals surface area contributed by atoms with Crippen LogP contribution < -0.4 is 15.8 Å². The number of halogens is 2. The lowest BCUT2D eigenvalue weighted by Crippen LogP contribution is -2.57. The van der Waals surface area contributed by atoms with Crippen LogP contribution in [0.1, 0.15) is 32.7 Å². The van der Waals surface area contributed by atoms with Gasteiger partial charge in [0.05, 0.1) is 29.3 Å². The van der Waals surface area contributed by atoms with E-state index in [0.29, 0.717) is 23.0 Å². The van der Waals surface area contributed by atoms with Crippen LogP contribution in [0.2, 0.25) is 0 Å². The molecule has 2 aliphatic rings. The van der Waals surface area contributed by atoms with Crippen molar-refractivity contribution in [2.45, 2.75) is 25.9 Å². The first kappa shape index (κ1) is 25.4. The summed E-state index contributed by atoms with van der Waals surface area (Å²) >= 11 is 0. The molecule has 11 heteroatoms. The SMILES string of the molecule is Cc1cc(Oc2c(F)cccc2F)ncc1-n1ncc(C(=O)c2cc3cc4c(cc3[nH]2)CN(C2CNC2)CC4)c1N. The number of nitrogen functional groups attached to an aromatic ring is 1. The van der Waals surface area contributed by atoms with Gasteiger partial charge in [0, 0.05) is 49.2 Å². The summed E-state index contributed by atoms with van der Waals surface area (Å²) in [6, 6.07) is 11.8. The molecule has 0 amide bonds. The molecule has 9 nitrogen and oxygen atoms in total. The molecule has 0 radical (unpaired) electrons. The first-order valence-corrected chi connectivity index (χ1v) is 13.4. The first-order chi connectivity index (χ1) is 19.9. The molecule has 5 heterocycles. The van der Waals surface area contributed by atoms with Crippen LogP contribution >= 0.6 is 0 Å². The first-order valence-electron chi connectivity index (χ1n) is 13.4. The Morgan fingerprint density at radius 1 is 1.10 bits per heavy atom. The van der Waals surface area contributed by atoms with Gasteiger partial charge in [-0.05, 0) is 60.4 Å². The highest BCUT2D eigenvalue weighted by atomic mass is 19.1. The van der Waals surface area contributed by atoms with Gasteiger partial charge in [-0.25, -0.2) is 18.4 Å². The zero-order valence-electron chi connectivity index (χ0n) is 22.2. The van der Waals surface area contributed by atoms with Gasteiger partial charge in [0.1, 0.15) is 5.82 Å². The molecular formula is C30H27F2N7O2. The van der Waals surface area contributed by atoms with Crippen LogP contribution in [0, 0.1) is 18.6 Å². The summed E-state index contributed by atoms with van der Waals surface area (Å²) in [5.74, 6) is -2.32. The fraction of sp³-hybridized carbons (Fsp3) is 0.233. The average Bonchev–Trinajstić information content (AvgIpc) is 3.51. The quantitative estimate of drug-likeness (QED) is 0.268. The molecule has 3 aromatic heterocycles. The van der Waals surface area contributed by atoms with Crippen LogP contribution in [-0.4, -0.2) is 56.1 Å². The minimum Gasteiger partial charge on any atom is -0.433 e. The number of ketones is 1. The van der Waals surface area contributed by atoms with Crippen LogP contribution in [-0.2, 0) is 13.0 Å². The fourth-order valence-electron chi connectivity index (χ4n) is 5.54. The van der Waals surface area contributed by atoms with Crippen molar-refractivity contribution in [2.24, 2.45) is 0 Å². The summed E-state index contributed by atoms with van der Waals surface area (Å²) in [7, 11) is 0. The maximum Gasteiger partial charge on any atom is 0.219 e. The molecule has 7 rings (SSSR count). The molecule has 2 aliphatic heterocycles. The highest BCUT2D eigenvalue weighted by Crippen LogP contribution is 2.31. The number of nitrogens with one attached hydrogen (secondary N) is 2. The third kappa shape index (κ3) is 4.43. The van der Waals surface area contributed by atoms with Crippen molar-refractivity contribution < 1.29 is 18.3 Å². The Hall–Kier alpha value is -4.61. The Kier molecular flexibility index (Phi) is 6.06. The number of carbonyl (C=O) groups is 1. The number of fused-ring (bicyclic) bond motifs is 2. The van der Waals surface area contributed by atoms with Gasteiger partial charge in [-0.2, -0.15) is 5.10 Å². The van der Waals surface area contributed by atoms with Gasteiger partial charge in [-0.1, -0.05) is 6.07 Å². The number of ether oxygens (including phenoxy) is 1. The van der Waals surface area contributed by atoms with Gasteiger partial charge in [0.15, 0.2) is 11.6 Å². The Bertz CT molecular complexity index is 1810. The Labute approximate surface area is 233 Å². The van der Waals surface area contributed by atoms with Gasteiger partial charge in [0.2, 0.25) is 17.4 Å². The topological polar surface area (TPSA) is 114 Å². The molecule has 2 aromatic carbocycles. The van der Waals surface area contributed by atoms with Crippen molar-refractivity contribution in [2.75, 3.05) is 25.4 Å². The van der Waals surface area contributed by atoms with E-state index in [-0.39, 0.29) is 23.0 Å². The number of hydrogen-bond donors (Lipinski definition) is 3. The number of rotatable bonds is 6. The zero-order chi connectivity index (χ0) is 28.2. The molecule has 208 valence electrons. The summed E-state index contributed by atoms with van der Waals surface area (Å²) < 4.78 is 34.8. The van der Waals surface area contributed by atoms with Crippen molar-refractivity contribution in [1.82, 2.24) is 30.0 Å².